The van der Waals surface area contributed by atoms with Gasteiger partial charge in [0, 0.05) is 0 Å². The van der Waals surface area contributed by atoms with Gasteiger partial charge in [0.25, 0.3) is 0 Å². The van der Waals surface area contributed by atoms with E-state index in [4.69, 9.17) is 4.74 Å². The predicted octanol–water partition coefficient (Wildman–Crippen LogP) is 0.962. The van der Waals surface area contributed by atoms with Gasteiger partial charge in [-0.25, -0.2) is 0 Å². The molecular weight excluding hydrogens is 258 g/mol. The maximum atomic E-state index is 5.17. The fraction of sp³-hybridized carbons (Fsp3) is 0.143. The van der Waals surface area contributed by atoms with E-state index in [9.17, 15) is 0 Å². The van der Waals surface area contributed by atoms with Gasteiger partial charge in [0.2, 0.25) is 0 Å². The molecule has 0 aromatic carbocycles. The second kappa shape index (κ2) is 2.59. The van der Waals surface area contributed by atoms with Crippen LogP contribution in [0, 0.1) is 0 Å². The van der Waals surface area contributed by atoms with Crippen LogP contribution in [0.1, 0.15) is 0 Å². The summed E-state index contributed by atoms with van der Waals surface area (Å²) in [6.45, 7) is 0. The van der Waals surface area contributed by atoms with Crippen molar-refractivity contribution in [3.05, 3.63) is 17.1 Å². The van der Waals surface area contributed by atoms with Crippen LogP contribution < -0.4 is 4.74 Å². The number of fused-ring (bicyclic) bond motifs is 1. The molecule has 0 N–H and O–H groups in total. The van der Waals surface area contributed by atoms with E-state index in [0.29, 0.717) is 29.0 Å². The predicted molar refractivity (Wildman–Crippen MR) is 44.4 cm³/mol. The number of rotatable bonds is 1. The zero-order valence-electron chi connectivity index (χ0n) is 5.46. The van der Waals surface area contributed by atoms with Crippen LogP contribution in [0.15, 0.2) is 17.1 Å². The van der Waals surface area contributed by atoms with Crippen LogP contribution in [0.5, 0.6) is 4.62 Å². The fourth-order valence-corrected chi connectivity index (χ4v) is 5.69. The number of hydrogen-bond donors (Lipinski definition) is 0. The van der Waals surface area contributed by atoms with E-state index in [1.54, 1.807) is 10.2 Å². The summed E-state index contributed by atoms with van der Waals surface area (Å²) in [5.74, 6) is 0. The second-order valence-corrected chi connectivity index (χ2v) is 7.29. The molecule has 52 valence electrons. The zero-order valence-corrected chi connectivity index (χ0v) is 8.88. The van der Waals surface area contributed by atoms with Gasteiger partial charge >= 0.3 is 71.1 Å². The molecule has 1 nitrogen and oxygen atoms in total. The first-order chi connectivity index (χ1) is 4.90. The molecule has 3 heteroatoms. The molecule has 0 aliphatic heterocycles. The van der Waals surface area contributed by atoms with E-state index < -0.39 is 0 Å². The molecule has 2 aromatic heterocycles. The monoisotopic (exact) mass is 266 g/mol. The van der Waals surface area contributed by atoms with E-state index >= 15 is 0 Å². The molecule has 0 saturated heterocycles. The van der Waals surface area contributed by atoms with Crippen molar-refractivity contribution in [1.29, 1.82) is 0 Å². The summed E-state index contributed by atoms with van der Waals surface area (Å²) in [6.07, 6.45) is 0. The normalized spacial score (nSPS) is 10.5. The van der Waals surface area contributed by atoms with Crippen molar-refractivity contribution in [3.63, 3.8) is 0 Å². The topological polar surface area (TPSA) is 9.23 Å². The Morgan fingerprint density at radius 1 is 1.50 bits per heavy atom. The molecule has 0 unspecified atom stereocenters. The summed E-state index contributed by atoms with van der Waals surface area (Å²) < 4.78 is 7.99. The van der Waals surface area contributed by atoms with E-state index in [1.807, 2.05) is 0 Å². The average Bonchev–Trinajstić information content (AvgIpc) is 2.42. The summed E-state index contributed by atoms with van der Waals surface area (Å²) >= 11 is 1.17. The average molecular weight is 264 g/mol. The second-order valence-electron chi connectivity index (χ2n) is 1.93. The van der Waals surface area contributed by atoms with Gasteiger partial charge in [-0.05, 0) is 0 Å². The Bertz CT molecular complexity index is 305. The van der Waals surface area contributed by atoms with Gasteiger partial charge < -0.3 is 0 Å². The number of methoxy groups -OCH3 is 1. The van der Waals surface area contributed by atoms with Crippen molar-refractivity contribution in [2.75, 3.05) is 7.11 Å². The van der Waals surface area contributed by atoms with Crippen molar-refractivity contribution in [2.24, 2.45) is 0 Å². The van der Waals surface area contributed by atoms with Crippen LogP contribution in [0.2, 0.25) is 0 Å². The van der Waals surface area contributed by atoms with Gasteiger partial charge in [0.15, 0.2) is 0 Å². The molecule has 0 fully saturated rings. The minimum absolute atomic E-state index is 0.521. The van der Waals surface area contributed by atoms with Crippen molar-refractivity contribution in [3.8, 4) is 4.62 Å². The Morgan fingerprint density at radius 3 is 3.10 bits per heavy atom. The Labute approximate surface area is 71.1 Å². The van der Waals surface area contributed by atoms with Gasteiger partial charge in [-0.3, -0.25) is 0 Å². The van der Waals surface area contributed by atoms with Crippen LogP contribution >= 0.6 is 0 Å². The molecule has 0 aliphatic carbocycles. The number of ether oxygens (including phenoxy) is 1. The molecule has 0 saturated carbocycles. The van der Waals surface area contributed by atoms with Crippen LogP contribution in [0.25, 0.3) is 8.52 Å². The fourth-order valence-electron chi connectivity index (χ4n) is 0.844. The van der Waals surface area contributed by atoms with Gasteiger partial charge in [-0.2, -0.15) is 0 Å². The van der Waals surface area contributed by atoms with Crippen LogP contribution in [-0.2, 0) is 0 Å². The summed E-state index contributed by atoms with van der Waals surface area (Å²) in [5, 5.41) is 1.43. The molecule has 0 radical (unpaired) electrons. The molecule has 0 atom stereocenters. The van der Waals surface area contributed by atoms with E-state index in [0.717, 1.165) is 0 Å². The van der Waals surface area contributed by atoms with Crippen LogP contribution in [0.4, 0.5) is 0 Å². The molecule has 10 heavy (non-hydrogen) atoms. The summed E-state index contributed by atoms with van der Waals surface area (Å²) in [4.78, 5) is 2.28. The van der Waals surface area contributed by atoms with E-state index in [-0.39, 0.29) is 0 Å². The van der Waals surface area contributed by atoms with Crippen molar-refractivity contribution in [1.82, 2.24) is 0 Å². The Morgan fingerprint density at radius 2 is 2.40 bits per heavy atom. The van der Waals surface area contributed by atoms with Crippen molar-refractivity contribution >= 4 is 37.5 Å². The third-order valence-corrected chi connectivity index (χ3v) is 6.70. The molecule has 2 rings (SSSR count). The van der Waals surface area contributed by atoms with Gasteiger partial charge in [0.05, 0.1) is 0 Å². The molecule has 0 amide bonds. The Hall–Kier alpha value is 0.0590. The standard InChI is InChI=1S/C7H6OSe2/c1-8-6-4-5-2-3-9-7(5)10-6/h2-4H,1H3. The quantitative estimate of drug-likeness (QED) is 0.697. The van der Waals surface area contributed by atoms with Crippen LogP contribution in [0.3, 0.4) is 0 Å². The van der Waals surface area contributed by atoms with Crippen molar-refractivity contribution in [2.45, 2.75) is 0 Å². The van der Waals surface area contributed by atoms with Gasteiger partial charge in [0.1, 0.15) is 0 Å². The van der Waals surface area contributed by atoms with Crippen LogP contribution in [-0.4, -0.2) is 36.1 Å². The molecule has 2 aromatic rings. The van der Waals surface area contributed by atoms with Gasteiger partial charge in [-0.1, -0.05) is 0 Å². The summed E-state index contributed by atoms with van der Waals surface area (Å²) in [5.41, 5.74) is 0. The Kier molecular flexibility index (Phi) is 1.75. The molecule has 0 aliphatic rings. The number of hydrogen-bond acceptors (Lipinski definition) is 1. The molecule has 0 spiro atoms. The molecule has 0 bridgehead atoms. The first kappa shape index (κ1) is 6.75. The molecular formula is C7H6OSe2. The van der Waals surface area contributed by atoms with Crippen molar-refractivity contribution < 1.29 is 4.74 Å². The Balaban J connectivity index is 2.67. The third kappa shape index (κ3) is 0.998. The molecule has 2 heterocycles. The third-order valence-electron chi connectivity index (χ3n) is 1.33. The van der Waals surface area contributed by atoms with E-state index in [2.05, 4.69) is 17.1 Å². The van der Waals surface area contributed by atoms with E-state index in [1.165, 1.54) is 10.0 Å². The van der Waals surface area contributed by atoms with Gasteiger partial charge in [-0.15, -0.1) is 0 Å². The summed E-state index contributed by atoms with van der Waals surface area (Å²) in [7, 11) is 1.76. The first-order valence-corrected chi connectivity index (χ1v) is 6.47. The zero-order chi connectivity index (χ0) is 6.97. The maximum absolute atomic E-state index is 5.17. The first-order valence-electron chi connectivity index (χ1n) is 2.91. The minimum atomic E-state index is 0.521. The SMILES string of the molecule is COc1cc2cc[se]c2[se]1. The summed E-state index contributed by atoms with van der Waals surface area (Å²) in [6, 6.07) is 4.38.